The predicted octanol–water partition coefficient (Wildman–Crippen LogP) is 2.10. The van der Waals surface area contributed by atoms with Crippen LogP contribution < -0.4 is 0 Å². The van der Waals surface area contributed by atoms with Gasteiger partial charge in [0.25, 0.3) is 5.82 Å². The molecule has 0 aliphatic rings. The van der Waals surface area contributed by atoms with Gasteiger partial charge in [-0.3, -0.25) is 9.89 Å². The maximum absolute atomic E-state index is 12.2. The Balaban J connectivity index is 2.50. The molecule has 1 aromatic heterocycles. The second-order valence-electron chi connectivity index (χ2n) is 4.69. The number of H-pyrrole nitrogens is 1. The maximum atomic E-state index is 12.2. The largest absolute Gasteiger partial charge is 0.460 e. The lowest BCUT2D eigenvalue weighted by molar-refractivity contribution is -0.154. The van der Waals surface area contributed by atoms with E-state index in [-0.39, 0.29) is 18.7 Å². The average molecular weight is 265 g/mol. The third-order valence-electron chi connectivity index (χ3n) is 1.77. The molecule has 0 spiro atoms. The van der Waals surface area contributed by atoms with Crippen LogP contribution in [0, 0.1) is 0 Å². The van der Waals surface area contributed by atoms with E-state index in [0.29, 0.717) is 0 Å². The number of carbonyl (C=O) groups excluding carboxylic acids is 1. The first-order valence-electron chi connectivity index (χ1n) is 5.28. The minimum Gasteiger partial charge on any atom is -0.460 e. The Morgan fingerprint density at radius 2 is 1.94 bits per heavy atom. The van der Waals surface area contributed by atoms with Gasteiger partial charge in [0.05, 0.1) is 6.42 Å². The molecular formula is C10H14F3N3O2. The number of hydrogen-bond donors (Lipinski definition) is 1. The highest BCUT2D eigenvalue weighted by molar-refractivity contribution is 5.70. The highest BCUT2D eigenvalue weighted by atomic mass is 19.4. The van der Waals surface area contributed by atoms with Crippen LogP contribution in [0.2, 0.25) is 0 Å². The second-order valence-corrected chi connectivity index (χ2v) is 4.69. The zero-order valence-electron chi connectivity index (χ0n) is 10.3. The summed E-state index contributed by atoms with van der Waals surface area (Å²) in [5, 5.41) is 5.17. The number of ether oxygens (including phenoxy) is 1. The standard InChI is InChI=1S/C10H14F3N3O2/c1-9(2,3)18-7(17)5-4-6-14-8(16-15-6)10(11,12)13/h4-5H2,1-3H3,(H,14,15,16). The van der Waals surface area contributed by atoms with E-state index >= 15 is 0 Å². The maximum Gasteiger partial charge on any atom is 0.453 e. The Labute approximate surface area is 102 Å². The fraction of sp³-hybridized carbons (Fsp3) is 0.700. The number of hydrogen-bond acceptors (Lipinski definition) is 4. The number of aromatic nitrogens is 3. The zero-order chi connectivity index (χ0) is 14.0. The van der Waals surface area contributed by atoms with E-state index in [4.69, 9.17) is 4.74 Å². The summed E-state index contributed by atoms with van der Waals surface area (Å²) in [5.41, 5.74) is -0.615. The lowest BCUT2D eigenvalue weighted by Gasteiger charge is -2.19. The van der Waals surface area contributed by atoms with Gasteiger partial charge in [-0.15, -0.1) is 5.10 Å². The number of rotatable bonds is 3. The quantitative estimate of drug-likeness (QED) is 0.850. The summed E-state index contributed by atoms with van der Waals surface area (Å²) in [6.45, 7) is 5.13. The monoisotopic (exact) mass is 265 g/mol. The van der Waals surface area contributed by atoms with Crippen molar-refractivity contribution in [3.63, 3.8) is 0 Å². The Bertz CT molecular complexity index is 421. The molecule has 0 radical (unpaired) electrons. The Morgan fingerprint density at radius 1 is 1.33 bits per heavy atom. The van der Waals surface area contributed by atoms with Crippen LogP contribution in [0.5, 0.6) is 0 Å². The second kappa shape index (κ2) is 4.95. The van der Waals surface area contributed by atoms with E-state index in [1.54, 1.807) is 20.8 Å². The Hall–Kier alpha value is -1.60. The highest BCUT2D eigenvalue weighted by Crippen LogP contribution is 2.25. The van der Waals surface area contributed by atoms with Gasteiger partial charge in [-0.1, -0.05) is 0 Å². The van der Waals surface area contributed by atoms with Gasteiger partial charge in [0.2, 0.25) is 0 Å². The molecule has 0 unspecified atom stereocenters. The van der Waals surface area contributed by atoms with Crippen molar-refractivity contribution in [1.29, 1.82) is 0 Å². The summed E-state index contributed by atoms with van der Waals surface area (Å²) in [6, 6.07) is 0. The molecule has 0 saturated carbocycles. The number of esters is 1. The van der Waals surface area contributed by atoms with E-state index in [9.17, 15) is 18.0 Å². The minimum atomic E-state index is -4.58. The van der Waals surface area contributed by atoms with Crippen LogP contribution in [0.25, 0.3) is 0 Å². The van der Waals surface area contributed by atoms with Gasteiger partial charge >= 0.3 is 12.1 Å². The summed E-state index contributed by atoms with van der Waals surface area (Å²) in [6.07, 6.45) is -4.61. The molecule has 102 valence electrons. The third-order valence-corrected chi connectivity index (χ3v) is 1.77. The van der Waals surface area contributed by atoms with Crippen molar-refractivity contribution < 1.29 is 22.7 Å². The van der Waals surface area contributed by atoms with Crippen molar-refractivity contribution in [3.05, 3.63) is 11.6 Å². The van der Waals surface area contributed by atoms with E-state index < -0.39 is 23.6 Å². The normalized spacial score (nSPS) is 12.6. The molecule has 0 aliphatic heterocycles. The van der Waals surface area contributed by atoms with Crippen LogP contribution in [0.4, 0.5) is 13.2 Å². The molecule has 0 aliphatic carbocycles. The van der Waals surface area contributed by atoms with Gasteiger partial charge in [0.1, 0.15) is 11.4 Å². The molecule has 1 N–H and O–H groups in total. The van der Waals surface area contributed by atoms with Gasteiger partial charge in [-0.2, -0.15) is 13.2 Å². The van der Waals surface area contributed by atoms with Crippen LogP contribution in [0.1, 0.15) is 38.8 Å². The average Bonchev–Trinajstić information content (AvgIpc) is 2.59. The molecule has 0 saturated heterocycles. The van der Waals surface area contributed by atoms with Crippen molar-refractivity contribution in [2.45, 2.75) is 45.4 Å². The zero-order valence-corrected chi connectivity index (χ0v) is 10.3. The van der Waals surface area contributed by atoms with E-state index in [0.717, 1.165) is 0 Å². The molecule has 0 fully saturated rings. The smallest absolute Gasteiger partial charge is 0.453 e. The lowest BCUT2D eigenvalue weighted by Crippen LogP contribution is -2.24. The number of aromatic amines is 1. The molecule has 5 nitrogen and oxygen atoms in total. The van der Waals surface area contributed by atoms with E-state index in [1.165, 1.54) is 0 Å². The first kappa shape index (κ1) is 14.5. The van der Waals surface area contributed by atoms with Gasteiger partial charge in [0, 0.05) is 6.42 Å². The van der Waals surface area contributed by atoms with E-state index in [1.807, 2.05) is 0 Å². The topological polar surface area (TPSA) is 67.9 Å². The fourth-order valence-electron chi connectivity index (χ4n) is 1.15. The number of carbonyl (C=O) groups is 1. The number of aryl methyl sites for hydroxylation is 1. The molecule has 18 heavy (non-hydrogen) atoms. The molecule has 8 heteroatoms. The first-order valence-corrected chi connectivity index (χ1v) is 5.28. The van der Waals surface area contributed by atoms with Crippen molar-refractivity contribution in [2.24, 2.45) is 0 Å². The highest BCUT2D eigenvalue weighted by Gasteiger charge is 2.36. The molecule has 0 aromatic carbocycles. The summed E-state index contributed by atoms with van der Waals surface area (Å²) in [4.78, 5) is 14.6. The van der Waals surface area contributed by atoms with Gasteiger partial charge in [-0.05, 0) is 20.8 Å². The summed E-state index contributed by atoms with van der Waals surface area (Å²) in [5.74, 6) is -1.72. The summed E-state index contributed by atoms with van der Waals surface area (Å²) >= 11 is 0. The van der Waals surface area contributed by atoms with Crippen LogP contribution in [-0.2, 0) is 22.1 Å². The minimum absolute atomic E-state index is 0.00758. The van der Waals surface area contributed by atoms with Crippen molar-refractivity contribution in [1.82, 2.24) is 15.2 Å². The lowest BCUT2D eigenvalue weighted by atomic mass is 10.2. The van der Waals surface area contributed by atoms with E-state index in [2.05, 4.69) is 15.2 Å². The number of alkyl halides is 3. The molecule has 1 aromatic rings. The Kier molecular flexibility index (Phi) is 3.98. The van der Waals surface area contributed by atoms with Gasteiger partial charge in [0.15, 0.2) is 0 Å². The molecular weight excluding hydrogens is 251 g/mol. The van der Waals surface area contributed by atoms with Crippen LogP contribution in [-0.4, -0.2) is 26.8 Å². The number of nitrogens with one attached hydrogen (secondary N) is 1. The SMILES string of the molecule is CC(C)(C)OC(=O)CCc1nc(C(F)(F)F)n[nH]1. The molecule has 0 amide bonds. The molecule has 1 rings (SSSR count). The summed E-state index contributed by atoms with van der Waals surface area (Å²) < 4.78 is 41.6. The molecule has 0 atom stereocenters. The van der Waals surface area contributed by atoms with Crippen LogP contribution >= 0.6 is 0 Å². The van der Waals surface area contributed by atoms with Crippen molar-refractivity contribution in [3.8, 4) is 0 Å². The first-order chi connectivity index (χ1) is 8.08. The van der Waals surface area contributed by atoms with Gasteiger partial charge in [-0.25, -0.2) is 4.98 Å². The number of halogens is 3. The molecule has 0 bridgehead atoms. The Morgan fingerprint density at radius 3 is 2.39 bits per heavy atom. The summed E-state index contributed by atoms with van der Waals surface area (Å²) in [7, 11) is 0. The van der Waals surface area contributed by atoms with Crippen LogP contribution in [0.3, 0.4) is 0 Å². The van der Waals surface area contributed by atoms with Crippen molar-refractivity contribution >= 4 is 5.97 Å². The van der Waals surface area contributed by atoms with Crippen LogP contribution in [0.15, 0.2) is 0 Å². The fourth-order valence-corrected chi connectivity index (χ4v) is 1.15. The third kappa shape index (κ3) is 4.72. The predicted molar refractivity (Wildman–Crippen MR) is 55.6 cm³/mol. The van der Waals surface area contributed by atoms with Crippen molar-refractivity contribution in [2.75, 3.05) is 0 Å². The number of nitrogens with zero attached hydrogens (tertiary/aromatic N) is 2. The van der Waals surface area contributed by atoms with Gasteiger partial charge < -0.3 is 4.74 Å². The molecule has 1 heterocycles.